The maximum Gasteiger partial charge on any atom is 0.410 e. The van der Waals surface area contributed by atoms with Crippen molar-refractivity contribution in [2.75, 3.05) is 13.1 Å². The molecule has 0 bridgehead atoms. The third-order valence-corrected chi connectivity index (χ3v) is 2.78. The average molecular weight is 267 g/mol. The molecule has 6 heteroatoms. The number of piperidine rings is 1. The van der Waals surface area contributed by atoms with Crippen LogP contribution in [0.4, 0.5) is 4.79 Å². The van der Waals surface area contributed by atoms with E-state index in [1.165, 1.54) is 4.90 Å². The molecule has 1 aliphatic rings. The molecular weight excluding hydrogens is 246 g/mol. The van der Waals surface area contributed by atoms with Crippen molar-refractivity contribution in [1.82, 2.24) is 10.2 Å². The SMILES string of the molecule is CC(C)(C)OC(=O)N1CCCC[C@@H]1C(=O)NCC#N. The number of carbonyl (C=O) groups excluding carboxylic acids is 2. The smallest absolute Gasteiger partial charge is 0.410 e. The summed E-state index contributed by atoms with van der Waals surface area (Å²) in [6.07, 6.45) is 1.89. The lowest BCUT2D eigenvalue weighted by molar-refractivity contribution is -0.127. The van der Waals surface area contributed by atoms with Crippen LogP contribution in [-0.4, -0.2) is 41.6 Å². The molecule has 0 aliphatic carbocycles. The van der Waals surface area contributed by atoms with Gasteiger partial charge in [-0.25, -0.2) is 4.79 Å². The van der Waals surface area contributed by atoms with E-state index in [2.05, 4.69) is 5.32 Å². The molecular formula is C13H21N3O3. The fourth-order valence-electron chi connectivity index (χ4n) is 1.99. The van der Waals surface area contributed by atoms with Crippen LogP contribution in [0.25, 0.3) is 0 Å². The molecule has 0 unspecified atom stereocenters. The van der Waals surface area contributed by atoms with Gasteiger partial charge >= 0.3 is 6.09 Å². The van der Waals surface area contributed by atoms with Gasteiger partial charge in [-0.2, -0.15) is 5.26 Å². The van der Waals surface area contributed by atoms with Crippen molar-refractivity contribution >= 4 is 12.0 Å². The summed E-state index contributed by atoms with van der Waals surface area (Å²) in [5, 5.41) is 11.0. The summed E-state index contributed by atoms with van der Waals surface area (Å²) < 4.78 is 5.30. The van der Waals surface area contributed by atoms with Crippen molar-refractivity contribution in [2.45, 2.75) is 51.7 Å². The normalized spacial score (nSPS) is 19.5. The van der Waals surface area contributed by atoms with Gasteiger partial charge in [0.1, 0.15) is 18.2 Å². The Balaban J connectivity index is 2.69. The van der Waals surface area contributed by atoms with Gasteiger partial charge in [-0.1, -0.05) is 0 Å². The number of hydrogen-bond donors (Lipinski definition) is 1. The molecule has 0 spiro atoms. The number of carbonyl (C=O) groups is 2. The second-order valence-electron chi connectivity index (χ2n) is 5.56. The highest BCUT2D eigenvalue weighted by atomic mass is 16.6. The first-order valence-corrected chi connectivity index (χ1v) is 6.49. The quantitative estimate of drug-likeness (QED) is 0.767. The second-order valence-corrected chi connectivity index (χ2v) is 5.56. The van der Waals surface area contributed by atoms with Gasteiger partial charge in [0.15, 0.2) is 0 Å². The van der Waals surface area contributed by atoms with E-state index in [1.54, 1.807) is 20.8 Å². The Morgan fingerprint density at radius 2 is 2.11 bits per heavy atom. The Labute approximate surface area is 113 Å². The number of amides is 2. The van der Waals surface area contributed by atoms with Crippen LogP contribution in [0.2, 0.25) is 0 Å². The summed E-state index contributed by atoms with van der Waals surface area (Å²) in [6.45, 7) is 5.84. The predicted molar refractivity (Wildman–Crippen MR) is 69.2 cm³/mol. The van der Waals surface area contributed by atoms with Crippen LogP contribution in [0.3, 0.4) is 0 Å². The summed E-state index contributed by atoms with van der Waals surface area (Å²) in [6, 6.07) is 1.32. The highest BCUT2D eigenvalue weighted by Crippen LogP contribution is 2.20. The number of nitrogens with zero attached hydrogens (tertiary/aromatic N) is 2. The summed E-state index contributed by atoms with van der Waals surface area (Å²) in [7, 11) is 0. The zero-order valence-corrected chi connectivity index (χ0v) is 11.7. The third kappa shape index (κ3) is 4.78. The lowest BCUT2D eigenvalue weighted by atomic mass is 10.0. The number of rotatable bonds is 2. The van der Waals surface area contributed by atoms with Crippen molar-refractivity contribution in [3.05, 3.63) is 0 Å². The Hall–Kier alpha value is -1.77. The largest absolute Gasteiger partial charge is 0.444 e. The first-order valence-electron chi connectivity index (χ1n) is 6.49. The van der Waals surface area contributed by atoms with Gasteiger partial charge in [-0.3, -0.25) is 9.69 Å². The van der Waals surface area contributed by atoms with E-state index in [4.69, 9.17) is 10.00 Å². The Morgan fingerprint density at radius 3 is 2.68 bits per heavy atom. The highest BCUT2D eigenvalue weighted by Gasteiger charge is 2.34. The molecule has 1 fully saturated rings. The molecule has 6 nitrogen and oxygen atoms in total. The van der Waals surface area contributed by atoms with Gasteiger partial charge in [0.25, 0.3) is 0 Å². The number of likely N-dealkylation sites (tertiary alicyclic amines) is 1. The third-order valence-electron chi connectivity index (χ3n) is 2.78. The molecule has 0 aromatic rings. The van der Waals surface area contributed by atoms with Gasteiger partial charge < -0.3 is 10.1 Å². The van der Waals surface area contributed by atoms with Crippen LogP contribution < -0.4 is 5.32 Å². The predicted octanol–water partition coefficient (Wildman–Crippen LogP) is 1.42. The van der Waals surface area contributed by atoms with E-state index in [9.17, 15) is 9.59 Å². The highest BCUT2D eigenvalue weighted by molar-refractivity contribution is 5.86. The van der Waals surface area contributed by atoms with E-state index < -0.39 is 17.7 Å². The first-order chi connectivity index (χ1) is 8.85. The molecule has 0 saturated carbocycles. The summed E-state index contributed by atoms with van der Waals surface area (Å²) in [4.78, 5) is 25.4. The molecule has 0 aromatic heterocycles. The summed E-state index contributed by atoms with van der Waals surface area (Å²) in [5.74, 6) is -0.285. The van der Waals surface area contributed by atoms with Gasteiger partial charge in [0.05, 0.1) is 6.07 Å². The number of hydrogen-bond acceptors (Lipinski definition) is 4. The summed E-state index contributed by atoms with van der Waals surface area (Å²) in [5.41, 5.74) is -0.581. The summed E-state index contributed by atoms with van der Waals surface area (Å²) >= 11 is 0. The minimum absolute atomic E-state index is 0.0442. The van der Waals surface area contributed by atoms with E-state index in [0.29, 0.717) is 13.0 Å². The molecule has 1 N–H and O–H groups in total. The Kier molecular flexibility index (Phi) is 5.16. The van der Waals surface area contributed by atoms with Crippen molar-refractivity contribution in [1.29, 1.82) is 5.26 Å². The van der Waals surface area contributed by atoms with Crippen LogP contribution in [-0.2, 0) is 9.53 Å². The molecule has 1 heterocycles. The second kappa shape index (κ2) is 6.41. The van der Waals surface area contributed by atoms with E-state index in [1.807, 2.05) is 6.07 Å². The van der Waals surface area contributed by atoms with Gasteiger partial charge in [-0.15, -0.1) is 0 Å². The molecule has 106 valence electrons. The molecule has 1 rings (SSSR count). The monoisotopic (exact) mass is 267 g/mol. The van der Waals surface area contributed by atoms with Crippen molar-refractivity contribution < 1.29 is 14.3 Å². The molecule has 2 amide bonds. The number of ether oxygens (including phenoxy) is 1. The van der Waals surface area contributed by atoms with Gasteiger partial charge in [-0.05, 0) is 40.0 Å². The zero-order chi connectivity index (χ0) is 14.5. The van der Waals surface area contributed by atoms with Crippen molar-refractivity contribution in [2.24, 2.45) is 0 Å². The lowest BCUT2D eigenvalue weighted by Crippen LogP contribution is -2.53. The first kappa shape index (κ1) is 15.3. The van der Waals surface area contributed by atoms with Crippen LogP contribution in [0.5, 0.6) is 0 Å². The fourth-order valence-corrected chi connectivity index (χ4v) is 1.99. The molecule has 0 radical (unpaired) electrons. The standard InChI is InChI=1S/C13H21N3O3/c1-13(2,3)19-12(18)16-9-5-4-6-10(16)11(17)15-8-7-14/h10H,4-6,8-9H2,1-3H3,(H,15,17)/t10-/m1/s1. The van der Waals surface area contributed by atoms with E-state index in [0.717, 1.165) is 12.8 Å². The van der Waals surface area contributed by atoms with Crippen LogP contribution in [0.15, 0.2) is 0 Å². The fraction of sp³-hybridized carbons (Fsp3) is 0.769. The van der Waals surface area contributed by atoms with Crippen molar-refractivity contribution in [3.63, 3.8) is 0 Å². The van der Waals surface area contributed by atoms with Crippen molar-refractivity contribution in [3.8, 4) is 6.07 Å². The molecule has 1 saturated heterocycles. The maximum absolute atomic E-state index is 12.1. The molecule has 0 aromatic carbocycles. The van der Waals surface area contributed by atoms with Crippen LogP contribution >= 0.6 is 0 Å². The topological polar surface area (TPSA) is 82.4 Å². The lowest BCUT2D eigenvalue weighted by Gasteiger charge is -2.35. The van der Waals surface area contributed by atoms with E-state index in [-0.39, 0.29) is 12.5 Å². The molecule has 19 heavy (non-hydrogen) atoms. The van der Waals surface area contributed by atoms with E-state index >= 15 is 0 Å². The number of nitrogens with one attached hydrogen (secondary N) is 1. The molecule has 1 atom stereocenters. The Bertz CT molecular complexity index is 382. The molecule has 1 aliphatic heterocycles. The zero-order valence-electron chi connectivity index (χ0n) is 11.7. The average Bonchev–Trinajstić information content (AvgIpc) is 2.34. The van der Waals surface area contributed by atoms with Crippen LogP contribution in [0.1, 0.15) is 40.0 Å². The van der Waals surface area contributed by atoms with Gasteiger partial charge in [0.2, 0.25) is 5.91 Å². The minimum Gasteiger partial charge on any atom is -0.444 e. The minimum atomic E-state index is -0.581. The van der Waals surface area contributed by atoms with Crippen LogP contribution in [0, 0.1) is 11.3 Å². The van der Waals surface area contributed by atoms with Gasteiger partial charge in [0, 0.05) is 6.54 Å². The number of nitriles is 1. The Morgan fingerprint density at radius 1 is 1.42 bits per heavy atom. The maximum atomic E-state index is 12.1.